The molecular formula is C24H28F3NO2. The van der Waals surface area contributed by atoms with Crippen LogP contribution in [0.1, 0.15) is 50.0 Å². The molecule has 2 aromatic carbocycles. The lowest BCUT2D eigenvalue weighted by Gasteiger charge is -2.46. The zero-order valence-electron chi connectivity index (χ0n) is 17.0. The minimum absolute atomic E-state index is 0.0540. The zero-order valence-corrected chi connectivity index (χ0v) is 17.0. The monoisotopic (exact) mass is 419 g/mol. The van der Waals surface area contributed by atoms with Crippen molar-refractivity contribution in [1.82, 2.24) is 4.90 Å². The summed E-state index contributed by atoms with van der Waals surface area (Å²) in [4.78, 5) is 2.45. The van der Waals surface area contributed by atoms with E-state index in [1.807, 2.05) is 24.3 Å². The van der Waals surface area contributed by atoms with Gasteiger partial charge in [-0.1, -0.05) is 42.8 Å². The number of hydrogen-bond donors (Lipinski definition) is 1. The zero-order chi connectivity index (χ0) is 21.2. The molecule has 0 amide bonds. The third-order valence-corrected chi connectivity index (χ3v) is 6.47. The van der Waals surface area contributed by atoms with Gasteiger partial charge in [0.2, 0.25) is 0 Å². The summed E-state index contributed by atoms with van der Waals surface area (Å²) in [5, 5.41) is 11.1. The van der Waals surface area contributed by atoms with Gasteiger partial charge in [-0.2, -0.15) is 0 Å². The predicted octanol–water partition coefficient (Wildman–Crippen LogP) is 5.74. The minimum atomic E-state index is -4.71. The molecule has 162 valence electrons. The fourth-order valence-corrected chi connectivity index (χ4v) is 4.65. The van der Waals surface area contributed by atoms with Crippen molar-refractivity contribution in [2.75, 3.05) is 19.6 Å². The lowest BCUT2D eigenvalue weighted by atomic mass is 9.68. The average molecular weight is 419 g/mol. The number of ether oxygens (including phenoxy) is 1. The Kier molecular flexibility index (Phi) is 6.07. The highest BCUT2D eigenvalue weighted by Gasteiger charge is 2.43. The molecule has 3 nitrogen and oxygen atoms in total. The van der Waals surface area contributed by atoms with Crippen molar-refractivity contribution in [3.8, 4) is 16.9 Å². The van der Waals surface area contributed by atoms with Gasteiger partial charge in [0.15, 0.2) is 0 Å². The van der Waals surface area contributed by atoms with Crippen molar-refractivity contribution < 1.29 is 23.0 Å². The van der Waals surface area contributed by atoms with Gasteiger partial charge in [-0.15, -0.1) is 13.2 Å². The molecule has 2 fully saturated rings. The molecule has 1 atom stereocenters. The molecule has 1 unspecified atom stereocenters. The Balaban J connectivity index is 1.54. The Hall–Kier alpha value is -2.05. The van der Waals surface area contributed by atoms with E-state index in [-0.39, 0.29) is 11.7 Å². The van der Waals surface area contributed by atoms with Crippen LogP contribution in [0.3, 0.4) is 0 Å². The molecule has 0 radical (unpaired) electrons. The summed E-state index contributed by atoms with van der Waals surface area (Å²) in [6, 6.07) is 13.9. The van der Waals surface area contributed by atoms with Gasteiger partial charge in [0, 0.05) is 12.5 Å². The van der Waals surface area contributed by atoms with Crippen molar-refractivity contribution in [3.05, 3.63) is 54.1 Å². The number of benzene rings is 2. The molecule has 1 N–H and O–H groups in total. The van der Waals surface area contributed by atoms with Gasteiger partial charge in [0.25, 0.3) is 0 Å². The summed E-state index contributed by atoms with van der Waals surface area (Å²) in [7, 11) is 0. The highest BCUT2D eigenvalue weighted by molar-refractivity contribution is 5.65. The molecule has 6 heteroatoms. The topological polar surface area (TPSA) is 32.7 Å². The van der Waals surface area contributed by atoms with Crippen LogP contribution >= 0.6 is 0 Å². The normalized spacial score (nSPS) is 20.4. The molecule has 1 aliphatic carbocycles. The first-order valence-electron chi connectivity index (χ1n) is 10.7. The smallest absolute Gasteiger partial charge is 0.406 e. The Labute approximate surface area is 175 Å². The molecule has 0 bridgehead atoms. The maximum absolute atomic E-state index is 12.5. The number of piperidine rings is 1. The molecular weight excluding hydrogens is 391 g/mol. The van der Waals surface area contributed by atoms with Crippen molar-refractivity contribution in [3.63, 3.8) is 0 Å². The predicted molar refractivity (Wildman–Crippen MR) is 110 cm³/mol. The molecule has 0 spiro atoms. The first-order chi connectivity index (χ1) is 14.3. The highest BCUT2D eigenvalue weighted by Crippen LogP contribution is 2.44. The molecule has 1 saturated heterocycles. The largest absolute Gasteiger partial charge is 0.573 e. The third kappa shape index (κ3) is 4.98. The number of hydrogen-bond acceptors (Lipinski definition) is 3. The summed E-state index contributed by atoms with van der Waals surface area (Å²) in [6.45, 7) is 3.01. The molecule has 1 aliphatic heterocycles. The second-order valence-corrected chi connectivity index (χ2v) is 8.57. The quantitative estimate of drug-likeness (QED) is 0.648. The first kappa shape index (κ1) is 21.2. The molecule has 0 aromatic heterocycles. The van der Waals surface area contributed by atoms with Gasteiger partial charge in [-0.25, -0.2) is 0 Å². The van der Waals surface area contributed by atoms with Crippen LogP contribution in [0.25, 0.3) is 11.1 Å². The molecule has 1 heterocycles. The maximum Gasteiger partial charge on any atom is 0.573 e. The maximum atomic E-state index is 12.5. The van der Waals surface area contributed by atoms with Crippen molar-refractivity contribution in [2.24, 2.45) is 0 Å². The van der Waals surface area contributed by atoms with E-state index in [9.17, 15) is 18.3 Å². The summed E-state index contributed by atoms with van der Waals surface area (Å²) in [5.74, 6) is -0.172. The summed E-state index contributed by atoms with van der Waals surface area (Å²) >= 11 is 0. The minimum Gasteiger partial charge on any atom is -0.406 e. The van der Waals surface area contributed by atoms with Gasteiger partial charge < -0.3 is 14.7 Å². The number of halogens is 3. The van der Waals surface area contributed by atoms with E-state index in [4.69, 9.17) is 0 Å². The average Bonchev–Trinajstić information content (AvgIpc) is 2.70. The van der Waals surface area contributed by atoms with Gasteiger partial charge in [0.05, 0.1) is 5.60 Å². The van der Waals surface area contributed by atoms with Crippen LogP contribution in [0, 0.1) is 0 Å². The fourth-order valence-electron chi connectivity index (χ4n) is 4.65. The van der Waals surface area contributed by atoms with Crippen molar-refractivity contribution in [1.29, 1.82) is 0 Å². The van der Waals surface area contributed by atoms with Crippen molar-refractivity contribution in [2.45, 2.75) is 56.4 Å². The van der Waals surface area contributed by atoms with E-state index >= 15 is 0 Å². The lowest BCUT2D eigenvalue weighted by Crippen LogP contribution is -2.48. The Bertz CT molecular complexity index is 840. The standard InChI is InChI=1S/C24H28F3NO2/c25-24(26,27)30-21-7-4-6-20(16-21)18-8-10-19(11-9-18)22(23(29)12-5-13-23)17-28-14-2-1-3-15-28/h4,6-11,16,22,29H,1-3,5,12-15,17H2. The van der Waals surface area contributed by atoms with E-state index in [1.165, 1.54) is 31.4 Å². The molecule has 2 aliphatic rings. The van der Waals surface area contributed by atoms with E-state index in [0.717, 1.165) is 50.0 Å². The van der Waals surface area contributed by atoms with Crippen molar-refractivity contribution >= 4 is 0 Å². The third-order valence-electron chi connectivity index (χ3n) is 6.47. The number of nitrogens with zero attached hydrogens (tertiary/aromatic N) is 1. The van der Waals surface area contributed by atoms with Crippen LogP contribution in [0.4, 0.5) is 13.2 Å². The summed E-state index contributed by atoms with van der Waals surface area (Å²) in [5.41, 5.74) is 1.93. The van der Waals surface area contributed by atoms with E-state index in [0.29, 0.717) is 5.56 Å². The van der Waals surface area contributed by atoms with Crippen LogP contribution < -0.4 is 4.74 Å². The van der Waals surface area contributed by atoms with Crippen LogP contribution in [0.5, 0.6) is 5.75 Å². The Morgan fingerprint density at radius 1 is 0.933 bits per heavy atom. The van der Waals surface area contributed by atoms with Crippen LogP contribution in [0.15, 0.2) is 48.5 Å². The van der Waals surface area contributed by atoms with Gasteiger partial charge in [0.1, 0.15) is 5.75 Å². The molecule has 1 saturated carbocycles. The second kappa shape index (κ2) is 8.60. The molecule has 2 aromatic rings. The number of rotatable bonds is 6. The highest BCUT2D eigenvalue weighted by atomic mass is 19.4. The van der Waals surface area contributed by atoms with E-state index < -0.39 is 12.0 Å². The summed E-state index contributed by atoms with van der Waals surface area (Å²) < 4.78 is 41.6. The SMILES string of the molecule is OC1(C(CN2CCCCC2)c2ccc(-c3cccc(OC(F)(F)F)c3)cc2)CCC1. The molecule has 30 heavy (non-hydrogen) atoms. The summed E-state index contributed by atoms with van der Waals surface area (Å²) in [6.07, 6.45) is 1.69. The van der Waals surface area contributed by atoms with Crippen LogP contribution in [-0.2, 0) is 0 Å². The number of aliphatic hydroxyl groups is 1. The molecule has 4 rings (SSSR count). The van der Waals surface area contributed by atoms with Crippen LogP contribution in [0.2, 0.25) is 0 Å². The Morgan fingerprint density at radius 2 is 1.63 bits per heavy atom. The second-order valence-electron chi connectivity index (χ2n) is 8.57. The van der Waals surface area contributed by atoms with Gasteiger partial charge >= 0.3 is 6.36 Å². The van der Waals surface area contributed by atoms with Gasteiger partial charge in [-0.05, 0) is 74.0 Å². The first-order valence-corrected chi connectivity index (χ1v) is 10.7. The Morgan fingerprint density at radius 3 is 2.23 bits per heavy atom. The van der Waals surface area contributed by atoms with Crippen LogP contribution in [-0.4, -0.2) is 41.6 Å². The van der Waals surface area contributed by atoms with E-state index in [1.54, 1.807) is 12.1 Å². The van der Waals surface area contributed by atoms with Gasteiger partial charge in [-0.3, -0.25) is 0 Å². The number of likely N-dealkylation sites (tertiary alicyclic amines) is 1. The number of alkyl halides is 3. The lowest BCUT2D eigenvalue weighted by molar-refractivity contribution is -0.274. The fraction of sp³-hybridized carbons (Fsp3) is 0.500. The van der Waals surface area contributed by atoms with E-state index in [2.05, 4.69) is 9.64 Å².